The fourth-order valence-corrected chi connectivity index (χ4v) is 2.43. The van der Waals surface area contributed by atoms with Gasteiger partial charge in [-0.05, 0) is 36.8 Å². The smallest absolute Gasteiger partial charge is 0.319 e. The number of anilines is 1. The summed E-state index contributed by atoms with van der Waals surface area (Å²) in [6, 6.07) is 12.0. The van der Waals surface area contributed by atoms with Crippen LogP contribution in [0.25, 0.3) is 0 Å². The average molecular weight is 326 g/mol. The van der Waals surface area contributed by atoms with E-state index in [1.165, 1.54) is 18.8 Å². The van der Waals surface area contributed by atoms with Crippen molar-refractivity contribution in [1.29, 1.82) is 0 Å². The van der Waals surface area contributed by atoms with E-state index in [9.17, 15) is 9.90 Å². The van der Waals surface area contributed by atoms with Crippen LogP contribution < -0.4 is 10.6 Å². The minimum absolute atomic E-state index is 0.0717. The van der Waals surface area contributed by atoms with Gasteiger partial charge in [-0.2, -0.15) is 0 Å². The van der Waals surface area contributed by atoms with E-state index < -0.39 is 11.6 Å². The third-order valence-electron chi connectivity index (χ3n) is 3.83. The molecule has 3 rings (SSSR count). The van der Waals surface area contributed by atoms with Gasteiger partial charge >= 0.3 is 6.03 Å². The monoisotopic (exact) mass is 326 g/mol. The van der Waals surface area contributed by atoms with Gasteiger partial charge in [-0.1, -0.05) is 18.2 Å². The highest BCUT2D eigenvalue weighted by atomic mass is 16.4. The summed E-state index contributed by atoms with van der Waals surface area (Å²) in [4.78, 5) is 12.2. The van der Waals surface area contributed by atoms with Crippen molar-refractivity contribution >= 4 is 11.7 Å². The topological polar surface area (TPSA) is 87.6 Å². The first-order chi connectivity index (χ1) is 11.6. The third-order valence-corrected chi connectivity index (χ3v) is 3.83. The number of carbonyl (C=O) groups excluding carboxylic acids is 1. The van der Waals surface area contributed by atoms with Crippen molar-refractivity contribution < 1.29 is 18.7 Å². The molecule has 0 fully saturated rings. The second kappa shape index (κ2) is 6.64. The zero-order valence-corrected chi connectivity index (χ0v) is 13.2. The molecule has 0 saturated carbocycles. The lowest BCUT2D eigenvalue weighted by atomic mass is 9.93. The lowest BCUT2D eigenvalue weighted by Crippen LogP contribution is -2.42. The summed E-state index contributed by atoms with van der Waals surface area (Å²) in [5, 5.41) is 16.4. The molecule has 124 valence electrons. The molecule has 6 nitrogen and oxygen atoms in total. The second-order valence-electron chi connectivity index (χ2n) is 5.47. The van der Waals surface area contributed by atoms with E-state index in [2.05, 4.69) is 10.6 Å². The lowest BCUT2D eigenvalue weighted by molar-refractivity contribution is 0.0587. The normalized spacial score (nSPS) is 13.2. The third kappa shape index (κ3) is 3.18. The first-order valence-corrected chi connectivity index (χ1v) is 7.49. The maximum Gasteiger partial charge on any atom is 0.319 e. The number of aryl methyl sites for hydroxylation is 1. The zero-order chi connectivity index (χ0) is 17.0. The Labute approximate surface area is 139 Å². The number of aliphatic hydroxyl groups is 1. The van der Waals surface area contributed by atoms with E-state index in [1.54, 1.807) is 18.2 Å². The molecule has 1 atom stereocenters. The van der Waals surface area contributed by atoms with Crippen LogP contribution in [-0.4, -0.2) is 17.7 Å². The van der Waals surface area contributed by atoms with Crippen LogP contribution in [0, 0.1) is 6.92 Å². The summed E-state index contributed by atoms with van der Waals surface area (Å²) in [6.07, 6.45) is 4.34. The predicted molar refractivity (Wildman–Crippen MR) is 88.6 cm³/mol. The molecule has 0 aliphatic heterocycles. The van der Waals surface area contributed by atoms with Crippen LogP contribution in [0.3, 0.4) is 0 Å². The first kappa shape index (κ1) is 15.9. The number of amides is 2. The second-order valence-corrected chi connectivity index (χ2v) is 5.47. The highest BCUT2D eigenvalue weighted by molar-refractivity contribution is 5.90. The molecule has 2 aromatic heterocycles. The van der Waals surface area contributed by atoms with Crippen molar-refractivity contribution in [1.82, 2.24) is 5.32 Å². The van der Waals surface area contributed by atoms with Gasteiger partial charge in [0.05, 0.1) is 25.3 Å². The average Bonchev–Trinajstić information content (AvgIpc) is 3.28. The minimum Gasteiger partial charge on any atom is -0.472 e. The van der Waals surface area contributed by atoms with Crippen LogP contribution in [-0.2, 0) is 5.60 Å². The van der Waals surface area contributed by atoms with E-state index in [0.717, 1.165) is 5.56 Å². The number of nitrogens with one attached hydrogen (secondary N) is 2. The SMILES string of the molecule is Cc1ccccc1NC(=O)NC[C@](O)(c1ccoc1)c1ccco1. The molecule has 0 aliphatic carbocycles. The summed E-state index contributed by atoms with van der Waals surface area (Å²) in [7, 11) is 0. The Kier molecular flexibility index (Phi) is 4.39. The summed E-state index contributed by atoms with van der Waals surface area (Å²) in [5.74, 6) is 0.320. The molecule has 3 N–H and O–H groups in total. The van der Waals surface area contributed by atoms with Crippen LogP contribution in [0.2, 0.25) is 0 Å². The van der Waals surface area contributed by atoms with Gasteiger partial charge in [0.15, 0.2) is 5.60 Å². The minimum atomic E-state index is -1.51. The maximum atomic E-state index is 12.2. The number of para-hydroxylation sites is 1. The van der Waals surface area contributed by atoms with Crippen molar-refractivity contribution in [2.45, 2.75) is 12.5 Å². The molecule has 0 bridgehead atoms. The Hall–Kier alpha value is -2.99. The molecule has 3 aromatic rings. The van der Waals surface area contributed by atoms with Crippen LogP contribution in [0.4, 0.5) is 10.5 Å². The van der Waals surface area contributed by atoms with Gasteiger partial charge in [0.1, 0.15) is 5.76 Å². The number of urea groups is 1. The largest absolute Gasteiger partial charge is 0.472 e. The van der Waals surface area contributed by atoms with Crippen molar-refractivity contribution in [2.75, 3.05) is 11.9 Å². The lowest BCUT2D eigenvalue weighted by Gasteiger charge is -2.25. The Morgan fingerprint density at radius 3 is 2.67 bits per heavy atom. The van der Waals surface area contributed by atoms with Crippen molar-refractivity contribution in [3.63, 3.8) is 0 Å². The fourth-order valence-electron chi connectivity index (χ4n) is 2.43. The van der Waals surface area contributed by atoms with Gasteiger partial charge < -0.3 is 24.6 Å². The molecule has 0 saturated heterocycles. The summed E-state index contributed by atoms with van der Waals surface area (Å²) in [6.45, 7) is 1.83. The number of carbonyl (C=O) groups is 1. The van der Waals surface area contributed by atoms with E-state index in [0.29, 0.717) is 17.0 Å². The number of rotatable bonds is 5. The molecule has 2 amide bonds. The van der Waals surface area contributed by atoms with Crippen LogP contribution in [0.5, 0.6) is 0 Å². The van der Waals surface area contributed by atoms with Gasteiger partial charge in [-0.3, -0.25) is 0 Å². The zero-order valence-electron chi connectivity index (χ0n) is 13.2. The Morgan fingerprint density at radius 1 is 1.17 bits per heavy atom. The number of hydrogen-bond donors (Lipinski definition) is 3. The van der Waals surface area contributed by atoms with Gasteiger partial charge in [-0.15, -0.1) is 0 Å². The molecule has 24 heavy (non-hydrogen) atoms. The molecular weight excluding hydrogens is 308 g/mol. The van der Waals surface area contributed by atoms with Gasteiger partial charge in [0, 0.05) is 11.3 Å². The number of hydrogen-bond acceptors (Lipinski definition) is 4. The summed E-state index contributed by atoms with van der Waals surface area (Å²) < 4.78 is 10.4. The first-order valence-electron chi connectivity index (χ1n) is 7.49. The quantitative estimate of drug-likeness (QED) is 0.671. The highest BCUT2D eigenvalue weighted by Gasteiger charge is 2.36. The standard InChI is InChI=1S/C18H18N2O4/c1-13-5-2-3-6-15(13)20-17(21)19-12-18(22,14-8-10-23-11-14)16-7-4-9-24-16/h2-11,22H,12H2,1H3,(H2,19,20,21)/t18-/m0/s1. The molecule has 6 heteroatoms. The molecule has 0 aliphatic rings. The van der Waals surface area contributed by atoms with Gasteiger partial charge in [0.25, 0.3) is 0 Å². The molecule has 0 radical (unpaired) electrons. The van der Waals surface area contributed by atoms with E-state index in [1.807, 2.05) is 31.2 Å². The Bertz CT molecular complexity index is 760. The van der Waals surface area contributed by atoms with E-state index in [-0.39, 0.29) is 6.54 Å². The predicted octanol–water partition coefficient (Wildman–Crippen LogP) is 3.24. The maximum absolute atomic E-state index is 12.2. The fraction of sp³-hybridized carbons (Fsp3) is 0.167. The van der Waals surface area contributed by atoms with Crippen molar-refractivity contribution in [3.05, 3.63) is 78.1 Å². The molecule has 2 heterocycles. The number of benzene rings is 1. The molecule has 0 spiro atoms. The number of furan rings is 2. The summed E-state index contributed by atoms with van der Waals surface area (Å²) in [5.41, 5.74) is 0.636. The van der Waals surface area contributed by atoms with E-state index >= 15 is 0 Å². The van der Waals surface area contributed by atoms with Gasteiger partial charge in [-0.25, -0.2) is 4.79 Å². The molecule has 0 unspecified atom stereocenters. The van der Waals surface area contributed by atoms with Crippen LogP contribution >= 0.6 is 0 Å². The van der Waals surface area contributed by atoms with Crippen LogP contribution in [0.1, 0.15) is 16.9 Å². The van der Waals surface area contributed by atoms with Gasteiger partial charge in [0.2, 0.25) is 0 Å². The van der Waals surface area contributed by atoms with E-state index in [4.69, 9.17) is 8.83 Å². The highest BCUT2D eigenvalue weighted by Crippen LogP contribution is 2.29. The summed E-state index contributed by atoms with van der Waals surface area (Å²) >= 11 is 0. The van der Waals surface area contributed by atoms with Crippen molar-refractivity contribution in [3.8, 4) is 0 Å². The van der Waals surface area contributed by atoms with Crippen LogP contribution in [0.15, 0.2) is 70.1 Å². The van der Waals surface area contributed by atoms with Crippen molar-refractivity contribution in [2.24, 2.45) is 0 Å². The Balaban J connectivity index is 1.73. The Morgan fingerprint density at radius 2 is 2.00 bits per heavy atom. The molecule has 1 aromatic carbocycles. The molecular formula is C18H18N2O4.